The van der Waals surface area contributed by atoms with Gasteiger partial charge in [0, 0.05) is 43.7 Å². The Morgan fingerprint density at radius 3 is 2.43 bits per heavy atom. The van der Waals surface area contributed by atoms with E-state index < -0.39 is 0 Å². The summed E-state index contributed by atoms with van der Waals surface area (Å²) in [5.41, 5.74) is 0.780. The van der Waals surface area contributed by atoms with E-state index in [1.165, 1.54) is 0 Å². The number of amides is 3. The zero-order chi connectivity index (χ0) is 20.5. The van der Waals surface area contributed by atoms with Gasteiger partial charge in [0.25, 0.3) is 0 Å². The molecule has 7 heteroatoms. The van der Waals surface area contributed by atoms with Crippen LogP contribution >= 0.6 is 0 Å². The molecule has 2 fully saturated rings. The minimum absolute atomic E-state index is 0.0410. The highest BCUT2D eigenvalue weighted by atomic mass is 16.2. The number of hydrogen-bond acceptors (Lipinski definition) is 4. The first-order valence-corrected chi connectivity index (χ1v) is 9.98. The zero-order valence-electron chi connectivity index (χ0n) is 17.2. The topological polar surface area (TPSA) is 82.6 Å². The Bertz CT molecular complexity index is 763. The summed E-state index contributed by atoms with van der Waals surface area (Å²) < 4.78 is 0. The van der Waals surface area contributed by atoms with E-state index in [1.807, 2.05) is 44.7 Å². The molecule has 1 aromatic heterocycles. The summed E-state index contributed by atoms with van der Waals surface area (Å²) in [5, 5.41) is 2.88. The highest BCUT2D eigenvalue weighted by molar-refractivity contribution is 5.92. The molecular formula is C21H30N4O3. The molecule has 3 heterocycles. The van der Waals surface area contributed by atoms with Crippen molar-refractivity contribution in [3.05, 3.63) is 23.9 Å². The Morgan fingerprint density at radius 1 is 1.18 bits per heavy atom. The number of aryl methyl sites for hydroxylation is 1. The number of piperidine rings is 1. The monoisotopic (exact) mass is 386 g/mol. The molecule has 0 bridgehead atoms. The summed E-state index contributed by atoms with van der Waals surface area (Å²) in [5.74, 6) is 0.219. The third-order valence-corrected chi connectivity index (χ3v) is 5.63. The van der Waals surface area contributed by atoms with Crippen molar-refractivity contribution in [1.29, 1.82) is 0 Å². The van der Waals surface area contributed by atoms with Gasteiger partial charge in [0.15, 0.2) is 0 Å². The van der Waals surface area contributed by atoms with Gasteiger partial charge in [0.05, 0.1) is 5.92 Å². The van der Waals surface area contributed by atoms with E-state index in [0.717, 1.165) is 5.56 Å². The van der Waals surface area contributed by atoms with Gasteiger partial charge in [-0.2, -0.15) is 0 Å². The number of nitrogens with one attached hydrogen (secondary N) is 1. The number of pyridine rings is 1. The van der Waals surface area contributed by atoms with Crippen molar-refractivity contribution in [3.63, 3.8) is 0 Å². The molecule has 0 spiro atoms. The van der Waals surface area contributed by atoms with Gasteiger partial charge in [-0.15, -0.1) is 0 Å². The minimum atomic E-state index is -0.270. The summed E-state index contributed by atoms with van der Waals surface area (Å²) in [4.78, 5) is 45.4. The molecule has 2 aliphatic heterocycles. The van der Waals surface area contributed by atoms with Crippen LogP contribution in [-0.4, -0.2) is 57.7 Å². The van der Waals surface area contributed by atoms with Crippen LogP contribution < -0.4 is 5.32 Å². The van der Waals surface area contributed by atoms with Crippen molar-refractivity contribution in [3.8, 4) is 0 Å². The van der Waals surface area contributed by atoms with Crippen molar-refractivity contribution in [1.82, 2.24) is 14.8 Å². The SMILES string of the molecule is Cc1ccnc(NC(=O)C2CCN(C(=O)C3CC(=O)N(C(C)(C)C)C3)CC2)c1. The molecule has 2 aliphatic rings. The molecule has 0 radical (unpaired) electrons. The van der Waals surface area contributed by atoms with Crippen molar-refractivity contribution < 1.29 is 14.4 Å². The summed E-state index contributed by atoms with van der Waals surface area (Å²) >= 11 is 0. The average molecular weight is 386 g/mol. The number of carbonyl (C=O) groups excluding carboxylic acids is 3. The quantitative estimate of drug-likeness (QED) is 0.863. The third-order valence-electron chi connectivity index (χ3n) is 5.63. The zero-order valence-corrected chi connectivity index (χ0v) is 17.2. The smallest absolute Gasteiger partial charge is 0.228 e. The molecule has 0 aromatic carbocycles. The number of likely N-dealkylation sites (tertiary alicyclic amines) is 2. The van der Waals surface area contributed by atoms with Crippen molar-refractivity contribution in [2.75, 3.05) is 25.0 Å². The van der Waals surface area contributed by atoms with E-state index in [-0.39, 0.29) is 41.5 Å². The van der Waals surface area contributed by atoms with E-state index in [9.17, 15) is 14.4 Å². The molecule has 2 saturated heterocycles. The Kier molecular flexibility index (Phi) is 5.72. The molecule has 7 nitrogen and oxygen atoms in total. The van der Waals surface area contributed by atoms with E-state index in [2.05, 4.69) is 10.3 Å². The van der Waals surface area contributed by atoms with Crippen molar-refractivity contribution in [2.45, 2.75) is 52.5 Å². The van der Waals surface area contributed by atoms with Crippen LogP contribution in [0.1, 0.15) is 45.6 Å². The first kappa shape index (κ1) is 20.3. The lowest BCUT2D eigenvalue weighted by Gasteiger charge is -2.34. The Hall–Kier alpha value is -2.44. The van der Waals surface area contributed by atoms with Gasteiger partial charge in [-0.3, -0.25) is 14.4 Å². The highest BCUT2D eigenvalue weighted by Gasteiger charge is 2.41. The van der Waals surface area contributed by atoms with Gasteiger partial charge in [-0.05, 0) is 58.2 Å². The molecule has 1 N–H and O–H groups in total. The van der Waals surface area contributed by atoms with Crippen LogP contribution in [0.25, 0.3) is 0 Å². The summed E-state index contributed by atoms with van der Waals surface area (Å²) in [6.45, 7) is 9.52. The molecule has 0 aliphatic carbocycles. The molecule has 3 rings (SSSR count). The van der Waals surface area contributed by atoms with Gasteiger partial charge in [-0.25, -0.2) is 4.98 Å². The Morgan fingerprint density at radius 2 is 1.86 bits per heavy atom. The first-order valence-electron chi connectivity index (χ1n) is 9.98. The van der Waals surface area contributed by atoms with Gasteiger partial charge >= 0.3 is 0 Å². The Labute approximate surface area is 166 Å². The fourth-order valence-corrected chi connectivity index (χ4v) is 3.97. The second kappa shape index (κ2) is 7.89. The number of rotatable bonds is 3. The third kappa shape index (κ3) is 4.51. The molecule has 1 aromatic rings. The second-order valence-corrected chi connectivity index (χ2v) is 8.88. The highest BCUT2D eigenvalue weighted by Crippen LogP contribution is 2.28. The van der Waals surface area contributed by atoms with Crippen LogP contribution in [0.3, 0.4) is 0 Å². The minimum Gasteiger partial charge on any atom is -0.342 e. The Balaban J connectivity index is 1.52. The predicted octanol–water partition coefficient (Wildman–Crippen LogP) is 2.21. The lowest BCUT2D eigenvalue weighted by Crippen LogP contribution is -2.46. The number of carbonyl (C=O) groups is 3. The van der Waals surface area contributed by atoms with Gasteiger partial charge in [0.1, 0.15) is 5.82 Å². The largest absolute Gasteiger partial charge is 0.342 e. The van der Waals surface area contributed by atoms with Crippen LogP contribution in [0.5, 0.6) is 0 Å². The summed E-state index contributed by atoms with van der Waals surface area (Å²) in [6, 6.07) is 3.73. The first-order chi connectivity index (χ1) is 13.1. The molecule has 1 atom stereocenters. The predicted molar refractivity (Wildman–Crippen MR) is 106 cm³/mol. The van der Waals surface area contributed by atoms with Crippen LogP contribution in [0, 0.1) is 18.8 Å². The molecule has 0 saturated carbocycles. The maximum atomic E-state index is 12.9. The van der Waals surface area contributed by atoms with E-state index >= 15 is 0 Å². The lowest BCUT2D eigenvalue weighted by molar-refractivity contribution is -0.138. The fraction of sp³-hybridized carbons (Fsp3) is 0.619. The molecule has 1 unspecified atom stereocenters. The fourth-order valence-electron chi connectivity index (χ4n) is 3.97. The van der Waals surface area contributed by atoms with E-state index in [1.54, 1.807) is 11.1 Å². The van der Waals surface area contributed by atoms with Crippen LogP contribution in [-0.2, 0) is 14.4 Å². The summed E-state index contributed by atoms with van der Waals surface area (Å²) in [7, 11) is 0. The molecule has 28 heavy (non-hydrogen) atoms. The van der Waals surface area contributed by atoms with Crippen molar-refractivity contribution >= 4 is 23.5 Å². The van der Waals surface area contributed by atoms with Crippen LogP contribution in [0.2, 0.25) is 0 Å². The van der Waals surface area contributed by atoms with Gasteiger partial charge < -0.3 is 15.1 Å². The van der Waals surface area contributed by atoms with Crippen LogP contribution in [0.15, 0.2) is 18.3 Å². The van der Waals surface area contributed by atoms with Gasteiger partial charge in [0.2, 0.25) is 17.7 Å². The lowest BCUT2D eigenvalue weighted by atomic mass is 9.94. The number of aromatic nitrogens is 1. The molecule has 152 valence electrons. The summed E-state index contributed by atoms with van der Waals surface area (Å²) in [6.07, 6.45) is 3.23. The van der Waals surface area contributed by atoms with Gasteiger partial charge in [-0.1, -0.05) is 0 Å². The maximum absolute atomic E-state index is 12.9. The van der Waals surface area contributed by atoms with Crippen LogP contribution in [0.4, 0.5) is 5.82 Å². The van der Waals surface area contributed by atoms with E-state index in [4.69, 9.17) is 0 Å². The standard InChI is InChI=1S/C21H30N4O3/c1-14-5-8-22-17(11-14)23-19(27)15-6-9-24(10-7-15)20(28)16-12-18(26)25(13-16)21(2,3)4/h5,8,11,15-16H,6-7,9-10,12-13H2,1-4H3,(H,22,23,27). The normalized spacial score (nSPS) is 21.1. The number of nitrogens with zero attached hydrogens (tertiary/aromatic N) is 3. The maximum Gasteiger partial charge on any atom is 0.228 e. The molecular weight excluding hydrogens is 356 g/mol. The van der Waals surface area contributed by atoms with Crippen molar-refractivity contribution in [2.24, 2.45) is 11.8 Å². The number of anilines is 1. The number of hydrogen-bond donors (Lipinski definition) is 1. The second-order valence-electron chi connectivity index (χ2n) is 8.88. The molecule has 3 amide bonds. The van der Waals surface area contributed by atoms with E-state index in [0.29, 0.717) is 38.3 Å². The average Bonchev–Trinajstić information content (AvgIpc) is 3.03.